The van der Waals surface area contributed by atoms with Crippen LogP contribution < -0.4 is 5.32 Å². The second-order valence-electron chi connectivity index (χ2n) is 8.27. The van der Waals surface area contributed by atoms with Gasteiger partial charge in [-0.3, -0.25) is 14.3 Å². The van der Waals surface area contributed by atoms with Crippen molar-refractivity contribution in [2.75, 3.05) is 19.6 Å². The summed E-state index contributed by atoms with van der Waals surface area (Å²) >= 11 is 1.71. The number of hydrogen-bond acceptors (Lipinski definition) is 4. The topological polar surface area (TPSA) is 67.2 Å². The zero-order valence-corrected chi connectivity index (χ0v) is 18.8. The molecule has 3 heterocycles. The summed E-state index contributed by atoms with van der Waals surface area (Å²) in [5.41, 5.74) is 2.70. The molecule has 1 saturated heterocycles. The minimum absolute atomic E-state index is 0.00149. The average molecular weight is 437 g/mol. The number of aryl methyl sites for hydroxylation is 1. The van der Waals surface area contributed by atoms with Gasteiger partial charge in [0.25, 0.3) is 0 Å². The largest absolute Gasteiger partial charge is 0.356 e. The zero-order chi connectivity index (χ0) is 21.8. The van der Waals surface area contributed by atoms with Gasteiger partial charge in [-0.25, -0.2) is 0 Å². The molecule has 1 aliphatic heterocycles. The van der Waals surface area contributed by atoms with Gasteiger partial charge >= 0.3 is 0 Å². The first kappa shape index (κ1) is 21.3. The lowest BCUT2D eigenvalue weighted by Gasteiger charge is -2.28. The lowest BCUT2D eigenvalue weighted by atomic mass is 9.79. The molecule has 6 nitrogen and oxygen atoms in total. The van der Waals surface area contributed by atoms with Gasteiger partial charge in [-0.1, -0.05) is 30.3 Å². The van der Waals surface area contributed by atoms with E-state index < -0.39 is 5.41 Å². The van der Waals surface area contributed by atoms with E-state index in [1.54, 1.807) is 22.2 Å². The van der Waals surface area contributed by atoms with Gasteiger partial charge in [-0.15, -0.1) is 11.3 Å². The molecular formula is C24H28N4O2S. The molecule has 7 heteroatoms. The van der Waals surface area contributed by atoms with Gasteiger partial charge in [0.2, 0.25) is 11.8 Å². The van der Waals surface area contributed by atoms with E-state index in [0.29, 0.717) is 32.5 Å². The molecule has 0 saturated carbocycles. The Balaban J connectivity index is 1.53. The minimum atomic E-state index is -0.611. The van der Waals surface area contributed by atoms with E-state index in [1.807, 2.05) is 37.1 Å². The number of benzene rings is 1. The van der Waals surface area contributed by atoms with Gasteiger partial charge in [-0.2, -0.15) is 5.10 Å². The van der Waals surface area contributed by atoms with Gasteiger partial charge in [0.1, 0.15) is 6.54 Å². The highest BCUT2D eigenvalue weighted by atomic mass is 32.1. The molecular weight excluding hydrogens is 408 g/mol. The highest BCUT2D eigenvalue weighted by molar-refractivity contribution is 7.13. The summed E-state index contributed by atoms with van der Waals surface area (Å²) in [7, 11) is 0. The minimum Gasteiger partial charge on any atom is -0.356 e. The maximum Gasteiger partial charge on any atom is 0.244 e. The molecule has 1 atom stereocenters. The molecule has 1 N–H and O–H groups in total. The predicted octanol–water partition coefficient (Wildman–Crippen LogP) is 3.52. The third-order valence-electron chi connectivity index (χ3n) is 5.86. The van der Waals surface area contributed by atoms with Crippen molar-refractivity contribution in [3.8, 4) is 10.4 Å². The molecule has 0 bridgehead atoms. The van der Waals surface area contributed by atoms with Crippen molar-refractivity contribution in [1.29, 1.82) is 0 Å². The monoisotopic (exact) mass is 436 g/mol. The Morgan fingerprint density at radius 2 is 2.13 bits per heavy atom. The van der Waals surface area contributed by atoms with Gasteiger partial charge in [0.15, 0.2) is 0 Å². The summed E-state index contributed by atoms with van der Waals surface area (Å²) in [5, 5.41) is 9.30. The molecule has 3 aromatic rings. The van der Waals surface area contributed by atoms with Crippen LogP contribution in [0.5, 0.6) is 0 Å². The number of thiophene rings is 1. The Labute approximate surface area is 186 Å². The van der Waals surface area contributed by atoms with Crippen LogP contribution in [0.4, 0.5) is 0 Å². The molecule has 2 amide bonds. The fourth-order valence-electron chi connectivity index (χ4n) is 4.30. The summed E-state index contributed by atoms with van der Waals surface area (Å²) < 4.78 is 1.66. The van der Waals surface area contributed by atoms with Crippen LogP contribution in [-0.2, 0) is 22.6 Å². The Kier molecular flexibility index (Phi) is 6.23. The lowest BCUT2D eigenvalue weighted by Crippen LogP contribution is -2.45. The predicted molar refractivity (Wildman–Crippen MR) is 123 cm³/mol. The highest BCUT2D eigenvalue weighted by Crippen LogP contribution is 2.36. The summed E-state index contributed by atoms with van der Waals surface area (Å²) in [5.74, 6) is 0.0309. The molecule has 0 aliphatic carbocycles. The number of carbonyl (C=O) groups is 2. The van der Waals surface area contributed by atoms with Crippen LogP contribution >= 0.6 is 11.3 Å². The van der Waals surface area contributed by atoms with E-state index in [-0.39, 0.29) is 18.4 Å². The van der Waals surface area contributed by atoms with Gasteiger partial charge in [0, 0.05) is 30.7 Å². The van der Waals surface area contributed by atoms with E-state index in [9.17, 15) is 9.59 Å². The molecule has 0 radical (unpaired) electrons. The molecule has 1 aliphatic rings. The second-order valence-corrected chi connectivity index (χ2v) is 9.22. The molecule has 0 unspecified atom stereocenters. The third kappa shape index (κ3) is 4.71. The summed E-state index contributed by atoms with van der Waals surface area (Å²) in [6, 6.07) is 12.6. The van der Waals surface area contributed by atoms with Crippen molar-refractivity contribution < 1.29 is 9.59 Å². The fourth-order valence-corrected chi connectivity index (χ4v) is 5.03. The van der Waals surface area contributed by atoms with Crippen LogP contribution in [0.3, 0.4) is 0 Å². The Hall–Kier alpha value is -2.93. The molecule has 4 rings (SSSR count). The van der Waals surface area contributed by atoms with Crippen molar-refractivity contribution in [2.45, 2.75) is 33.2 Å². The molecule has 1 fully saturated rings. The average Bonchev–Trinajstić information content (AvgIpc) is 3.50. The first-order chi connectivity index (χ1) is 15.0. The van der Waals surface area contributed by atoms with Gasteiger partial charge in [-0.05, 0) is 54.8 Å². The number of nitrogens with one attached hydrogen (secondary N) is 1. The Morgan fingerprint density at radius 3 is 2.84 bits per heavy atom. The van der Waals surface area contributed by atoms with Gasteiger partial charge < -0.3 is 10.2 Å². The van der Waals surface area contributed by atoms with E-state index >= 15 is 0 Å². The van der Waals surface area contributed by atoms with Crippen molar-refractivity contribution >= 4 is 23.2 Å². The van der Waals surface area contributed by atoms with E-state index in [1.165, 1.54) is 10.4 Å². The number of rotatable bonds is 7. The highest BCUT2D eigenvalue weighted by Gasteiger charge is 2.45. The van der Waals surface area contributed by atoms with Crippen molar-refractivity contribution in [1.82, 2.24) is 20.0 Å². The molecule has 1 aromatic carbocycles. The molecule has 2 aromatic heterocycles. The standard InChI is InChI=1S/C24H28N4O2S/c1-3-25-23(30)24(13-19-6-4-7-20(12-19)21-8-5-11-31-21)9-10-27(17-24)22(29)16-28-15-18(2)14-26-28/h4-8,11-12,14-15H,3,9-10,13,16-17H2,1-2H3,(H,25,30)/t24-/m0/s1. The quantitative estimate of drug-likeness (QED) is 0.616. The fraction of sp³-hybridized carbons (Fsp3) is 0.375. The van der Waals surface area contributed by atoms with Crippen LogP contribution in [0.25, 0.3) is 10.4 Å². The number of aromatic nitrogens is 2. The second kappa shape index (κ2) is 9.06. The third-order valence-corrected chi connectivity index (χ3v) is 6.78. The van der Waals surface area contributed by atoms with Crippen LogP contribution in [0, 0.1) is 12.3 Å². The number of hydrogen-bond donors (Lipinski definition) is 1. The van der Waals surface area contributed by atoms with Crippen molar-refractivity contribution in [3.05, 3.63) is 65.3 Å². The summed E-state index contributed by atoms with van der Waals surface area (Å²) in [6.45, 7) is 5.68. The first-order valence-corrected chi connectivity index (χ1v) is 11.5. The van der Waals surface area contributed by atoms with E-state index in [0.717, 1.165) is 11.1 Å². The van der Waals surface area contributed by atoms with Crippen LogP contribution in [-0.4, -0.2) is 46.1 Å². The lowest BCUT2D eigenvalue weighted by molar-refractivity contribution is -0.133. The van der Waals surface area contributed by atoms with Gasteiger partial charge in [0.05, 0.1) is 11.6 Å². The SMILES string of the molecule is CCNC(=O)[C@]1(Cc2cccc(-c3cccs3)c2)CCN(C(=O)Cn2cc(C)cn2)C1. The summed E-state index contributed by atoms with van der Waals surface area (Å²) in [4.78, 5) is 29.1. The van der Waals surface area contributed by atoms with Crippen LogP contribution in [0.15, 0.2) is 54.2 Å². The summed E-state index contributed by atoms with van der Waals surface area (Å²) in [6.07, 6.45) is 4.88. The van der Waals surface area contributed by atoms with E-state index in [2.05, 4.69) is 40.1 Å². The van der Waals surface area contributed by atoms with Crippen molar-refractivity contribution in [3.63, 3.8) is 0 Å². The number of nitrogens with zero attached hydrogens (tertiary/aromatic N) is 3. The first-order valence-electron chi connectivity index (χ1n) is 10.7. The maximum atomic E-state index is 13.2. The molecule has 162 valence electrons. The van der Waals surface area contributed by atoms with E-state index in [4.69, 9.17) is 0 Å². The molecule has 31 heavy (non-hydrogen) atoms. The van der Waals surface area contributed by atoms with Crippen LogP contribution in [0.1, 0.15) is 24.5 Å². The smallest absolute Gasteiger partial charge is 0.244 e. The normalized spacial score (nSPS) is 18.3. The Bertz CT molecular complexity index is 1060. The van der Waals surface area contributed by atoms with Crippen molar-refractivity contribution in [2.24, 2.45) is 5.41 Å². The maximum absolute atomic E-state index is 13.2. The zero-order valence-electron chi connectivity index (χ0n) is 18.0. The number of likely N-dealkylation sites (tertiary alicyclic amines) is 1. The Morgan fingerprint density at radius 1 is 1.26 bits per heavy atom. The number of amides is 2. The van der Waals surface area contributed by atoms with Crippen LogP contribution in [0.2, 0.25) is 0 Å². The number of carbonyl (C=O) groups excluding carboxylic acids is 2. The molecule has 0 spiro atoms.